The van der Waals surface area contributed by atoms with E-state index in [0.717, 1.165) is 10.6 Å². The van der Waals surface area contributed by atoms with Gasteiger partial charge in [0.2, 0.25) is 0 Å². The molecule has 2 heterocycles. The van der Waals surface area contributed by atoms with E-state index in [1.807, 2.05) is 4.90 Å². The molecular weight excluding hydrogens is 382 g/mol. The van der Waals surface area contributed by atoms with E-state index in [1.165, 1.54) is 6.92 Å². The van der Waals surface area contributed by atoms with E-state index in [1.54, 1.807) is 24.3 Å². The van der Waals surface area contributed by atoms with E-state index < -0.39 is 21.7 Å². The molecule has 146 valence electrons. The van der Waals surface area contributed by atoms with Crippen molar-refractivity contribution in [2.24, 2.45) is 0 Å². The van der Waals surface area contributed by atoms with E-state index in [9.17, 15) is 18.0 Å². The molecule has 2 aliphatic rings. The Morgan fingerprint density at radius 3 is 2.32 bits per heavy atom. The van der Waals surface area contributed by atoms with Gasteiger partial charge in [0, 0.05) is 24.4 Å². The van der Waals surface area contributed by atoms with Gasteiger partial charge in [0.25, 0.3) is 17.5 Å². The maximum Gasteiger partial charge on any atom is 0.262 e. The molecule has 2 amide bonds. The summed E-state index contributed by atoms with van der Waals surface area (Å²) in [6.07, 6.45) is 0. The van der Waals surface area contributed by atoms with Gasteiger partial charge >= 0.3 is 0 Å². The fourth-order valence-corrected chi connectivity index (χ4v) is 4.16. The molecule has 0 unspecified atom stereocenters. The zero-order valence-electron chi connectivity index (χ0n) is 15.3. The lowest BCUT2D eigenvalue weighted by Crippen LogP contribution is -2.44. The number of rotatable bonds is 4. The summed E-state index contributed by atoms with van der Waals surface area (Å²) in [6.45, 7) is 12.8. The summed E-state index contributed by atoms with van der Waals surface area (Å²) in [6, 6.07) is 6.95. The monoisotopic (exact) mass is 401 g/mol. The molecule has 0 aliphatic carbocycles. The zero-order chi connectivity index (χ0) is 20.5. The van der Waals surface area contributed by atoms with Gasteiger partial charge in [-0.3, -0.25) is 9.59 Å². The van der Waals surface area contributed by atoms with E-state index in [0.29, 0.717) is 18.8 Å². The summed E-state index contributed by atoms with van der Waals surface area (Å²) >= 11 is 0. The van der Waals surface area contributed by atoms with Crippen molar-refractivity contribution in [2.75, 3.05) is 36.2 Å². The third-order valence-electron chi connectivity index (χ3n) is 4.78. The van der Waals surface area contributed by atoms with Crippen LogP contribution in [0.3, 0.4) is 0 Å². The number of amides is 2. The van der Waals surface area contributed by atoms with Crippen LogP contribution in [0.4, 0.5) is 5.69 Å². The number of sulfone groups is 1. The van der Waals surface area contributed by atoms with E-state index >= 15 is 0 Å². The number of hydrogen-bond acceptors (Lipinski definition) is 6. The first-order chi connectivity index (χ1) is 13.2. The van der Waals surface area contributed by atoms with Gasteiger partial charge in [-0.2, -0.15) is 0 Å². The van der Waals surface area contributed by atoms with Crippen LogP contribution < -0.4 is 9.64 Å². The number of imide groups is 1. The Hall–Kier alpha value is -3.12. The number of carbonyl (C=O) groups is 2. The number of hydrogen-bond donors (Lipinski definition) is 0. The summed E-state index contributed by atoms with van der Waals surface area (Å²) in [5, 5.41) is 0. The van der Waals surface area contributed by atoms with Crippen molar-refractivity contribution < 1.29 is 22.7 Å². The third kappa shape index (κ3) is 3.77. The molecule has 1 fully saturated rings. The first-order valence-electron chi connectivity index (χ1n) is 8.55. The van der Waals surface area contributed by atoms with Crippen molar-refractivity contribution in [1.29, 1.82) is 0 Å². The first-order valence-corrected chi connectivity index (χ1v) is 10.4. The SMILES string of the molecule is [C-]#[N+]C1=C(C)C(=C)C(=O)N(COc2ccc(N3CCS(=O)(=O)CC3)cc2)C1=O. The Morgan fingerprint density at radius 1 is 1.14 bits per heavy atom. The fraction of sp³-hybridized carbons (Fsp3) is 0.316. The lowest BCUT2D eigenvalue weighted by Gasteiger charge is -2.29. The van der Waals surface area contributed by atoms with Gasteiger partial charge in [-0.15, -0.1) is 0 Å². The van der Waals surface area contributed by atoms with Gasteiger partial charge in [0.1, 0.15) is 5.75 Å². The normalized spacial score (nSPS) is 19.6. The van der Waals surface area contributed by atoms with Gasteiger partial charge in [-0.1, -0.05) is 6.58 Å². The Bertz CT molecular complexity index is 1000. The number of benzene rings is 1. The lowest BCUT2D eigenvalue weighted by molar-refractivity contribution is -0.143. The molecule has 0 bridgehead atoms. The van der Waals surface area contributed by atoms with Crippen LogP contribution in [-0.4, -0.2) is 56.5 Å². The maximum absolute atomic E-state index is 12.3. The molecule has 0 spiro atoms. The van der Waals surface area contributed by atoms with E-state index in [2.05, 4.69) is 11.4 Å². The molecule has 0 N–H and O–H groups in total. The fourth-order valence-electron chi connectivity index (χ4n) is 2.96. The van der Waals surface area contributed by atoms with E-state index in [-0.39, 0.29) is 35.1 Å². The minimum absolute atomic E-state index is 0.101. The van der Waals surface area contributed by atoms with Crippen LogP contribution in [0.1, 0.15) is 6.92 Å². The second-order valence-electron chi connectivity index (χ2n) is 6.51. The van der Waals surface area contributed by atoms with Gasteiger partial charge in [0.05, 0.1) is 18.1 Å². The Kier molecular flexibility index (Phi) is 5.25. The molecule has 0 atom stereocenters. The van der Waals surface area contributed by atoms with Crippen LogP contribution in [0, 0.1) is 6.57 Å². The molecule has 3 rings (SSSR count). The van der Waals surface area contributed by atoms with Gasteiger partial charge in [0.15, 0.2) is 16.6 Å². The second-order valence-corrected chi connectivity index (χ2v) is 8.81. The van der Waals surface area contributed by atoms with Crippen molar-refractivity contribution in [3.8, 4) is 5.75 Å². The van der Waals surface area contributed by atoms with Crippen LogP contribution >= 0.6 is 0 Å². The summed E-state index contributed by atoms with van der Waals surface area (Å²) in [7, 11) is -2.95. The minimum atomic E-state index is -2.95. The molecule has 0 radical (unpaired) electrons. The molecular formula is C19H19N3O5S. The Balaban J connectivity index is 1.66. The molecule has 0 saturated carbocycles. The molecule has 8 nitrogen and oxygen atoms in total. The van der Waals surface area contributed by atoms with Crippen molar-refractivity contribution in [2.45, 2.75) is 6.92 Å². The largest absolute Gasteiger partial charge is 0.473 e. The van der Waals surface area contributed by atoms with Crippen molar-refractivity contribution >= 4 is 27.3 Å². The predicted molar refractivity (Wildman–Crippen MR) is 103 cm³/mol. The highest BCUT2D eigenvalue weighted by Crippen LogP contribution is 2.26. The molecule has 1 aromatic rings. The topological polar surface area (TPSA) is 88.3 Å². The van der Waals surface area contributed by atoms with Crippen LogP contribution in [0.5, 0.6) is 5.75 Å². The lowest BCUT2D eigenvalue weighted by atomic mass is 10.0. The highest BCUT2D eigenvalue weighted by molar-refractivity contribution is 7.91. The predicted octanol–water partition coefficient (Wildman–Crippen LogP) is 1.38. The Morgan fingerprint density at radius 2 is 1.75 bits per heavy atom. The maximum atomic E-state index is 12.3. The van der Waals surface area contributed by atoms with Gasteiger partial charge in [-0.25, -0.2) is 18.2 Å². The van der Waals surface area contributed by atoms with Crippen LogP contribution in [0.2, 0.25) is 0 Å². The van der Waals surface area contributed by atoms with Crippen molar-refractivity contribution in [3.63, 3.8) is 0 Å². The molecule has 1 aromatic carbocycles. The average molecular weight is 401 g/mol. The highest BCUT2D eigenvalue weighted by Gasteiger charge is 2.35. The quantitative estimate of drug-likeness (QED) is 0.430. The van der Waals surface area contributed by atoms with Gasteiger partial charge in [-0.05, 0) is 36.8 Å². The number of nitrogens with zero attached hydrogens (tertiary/aromatic N) is 3. The summed E-state index contributed by atoms with van der Waals surface area (Å²) in [4.78, 5) is 30.6. The van der Waals surface area contributed by atoms with Crippen molar-refractivity contribution in [3.05, 3.63) is 59.1 Å². The summed E-state index contributed by atoms with van der Waals surface area (Å²) in [5.74, 6) is -0.581. The molecule has 2 aliphatic heterocycles. The van der Waals surface area contributed by atoms with Crippen LogP contribution in [0.25, 0.3) is 4.85 Å². The number of carbonyl (C=O) groups excluding carboxylic acids is 2. The van der Waals surface area contributed by atoms with Gasteiger partial charge < -0.3 is 9.64 Å². The zero-order valence-corrected chi connectivity index (χ0v) is 16.2. The molecule has 0 aromatic heterocycles. The average Bonchev–Trinajstić information content (AvgIpc) is 2.67. The number of anilines is 1. The Labute approximate surface area is 163 Å². The number of ether oxygens (including phenoxy) is 1. The third-order valence-corrected chi connectivity index (χ3v) is 6.39. The highest BCUT2D eigenvalue weighted by atomic mass is 32.2. The summed E-state index contributed by atoms with van der Waals surface area (Å²) in [5.41, 5.74) is 1.12. The first kappa shape index (κ1) is 19.6. The molecule has 9 heteroatoms. The van der Waals surface area contributed by atoms with Crippen molar-refractivity contribution in [1.82, 2.24) is 4.90 Å². The standard InChI is InChI=1S/C19H19N3O5S/c1-13-14(2)18(23)22(19(24)17(13)20-3)12-27-16-6-4-15(5-7-16)21-8-10-28(25,26)11-9-21/h4-7H,2,8-12H2,1H3. The minimum Gasteiger partial charge on any atom is -0.473 e. The van der Waals surface area contributed by atoms with Crippen LogP contribution in [0.15, 0.2) is 47.7 Å². The molecule has 1 saturated heterocycles. The second kappa shape index (κ2) is 7.48. The molecule has 28 heavy (non-hydrogen) atoms. The summed E-state index contributed by atoms with van der Waals surface area (Å²) < 4.78 is 28.6. The van der Waals surface area contributed by atoms with Crippen LogP contribution in [-0.2, 0) is 19.4 Å². The smallest absolute Gasteiger partial charge is 0.262 e. The van der Waals surface area contributed by atoms with E-state index in [4.69, 9.17) is 11.3 Å².